The normalized spacial score (nSPS) is 14.5. The molecule has 0 atom stereocenters. The van der Waals surface area contributed by atoms with E-state index in [1.165, 1.54) is 0 Å². The molecular formula is C25H30S. The molecule has 0 heterocycles. The smallest absolute Gasteiger partial charge is 0.00226 e. The van der Waals surface area contributed by atoms with Crippen LogP contribution in [0.15, 0.2) is 145 Å². The minimum atomic E-state index is -1.88. The van der Waals surface area contributed by atoms with Crippen molar-refractivity contribution in [3.05, 3.63) is 145 Å². The number of rotatable bonds is 12. The molecule has 1 heteroatoms. The third kappa shape index (κ3) is 4.87. The van der Waals surface area contributed by atoms with Crippen LogP contribution in [0.2, 0.25) is 0 Å². The average molecular weight is 363 g/mol. The molecule has 26 heavy (non-hydrogen) atoms. The van der Waals surface area contributed by atoms with E-state index >= 15 is 0 Å². The fraction of sp³-hybridized carbons (Fsp3) is 0.0400. The van der Waals surface area contributed by atoms with E-state index in [2.05, 4.69) is 52.1 Å². The van der Waals surface area contributed by atoms with Gasteiger partial charge in [-0.2, -0.15) is 0 Å². The van der Waals surface area contributed by atoms with E-state index in [4.69, 9.17) is 0 Å². The van der Waals surface area contributed by atoms with Crippen LogP contribution in [0.25, 0.3) is 0 Å². The van der Waals surface area contributed by atoms with Gasteiger partial charge in [-0.3, -0.25) is 0 Å². The predicted octanol–water partition coefficient (Wildman–Crippen LogP) is 8.20. The third-order valence-corrected chi connectivity index (χ3v) is 7.65. The lowest BCUT2D eigenvalue weighted by molar-refractivity contribution is 1.66. The van der Waals surface area contributed by atoms with Crippen LogP contribution < -0.4 is 0 Å². The SMILES string of the molecule is C=C/C=C\C(=C/C=C)S(/C(C=C)=C/C)(/C(C=C)=C/C=C)/C(C=C)=C/C=C. The fourth-order valence-corrected chi connectivity index (χ4v) is 6.52. The molecule has 0 spiro atoms. The predicted molar refractivity (Wildman–Crippen MR) is 126 cm³/mol. The molecule has 0 nitrogen and oxygen atoms in total. The standard InChI is InChI=1S/C25H30S/c1-9-17-21-25(20-12-4)26(22(13-5)14-6,23(15-7)18-10-2)24(16-8)19-11-3/h9-21H,1-5,7-8H2,6H3/b21-17-,22-14+,23-18+,24-19+,25-20+. The van der Waals surface area contributed by atoms with Crippen molar-refractivity contribution in [3.63, 3.8) is 0 Å². The van der Waals surface area contributed by atoms with Gasteiger partial charge in [-0.25, -0.2) is 0 Å². The molecule has 0 aliphatic rings. The molecular weight excluding hydrogens is 332 g/mol. The summed E-state index contributed by atoms with van der Waals surface area (Å²) in [6.07, 6.45) is 24.7. The van der Waals surface area contributed by atoms with E-state index in [0.717, 1.165) is 19.6 Å². The van der Waals surface area contributed by atoms with Gasteiger partial charge in [0.25, 0.3) is 0 Å². The minimum absolute atomic E-state index is 1.02. The number of allylic oxidation sites excluding steroid dienone is 13. The van der Waals surface area contributed by atoms with E-state index in [1.807, 2.05) is 55.5 Å². The van der Waals surface area contributed by atoms with Gasteiger partial charge >= 0.3 is 0 Å². The molecule has 0 rings (SSSR count). The van der Waals surface area contributed by atoms with Crippen molar-refractivity contribution in [2.45, 2.75) is 6.92 Å². The maximum absolute atomic E-state index is 4.05. The van der Waals surface area contributed by atoms with Crippen molar-refractivity contribution in [1.29, 1.82) is 0 Å². The van der Waals surface area contributed by atoms with Crippen LogP contribution in [-0.2, 0) is 0 Å². The van der Waals surface area contributed by atoms with Gasteiger partial charge in [-0.05, 0) is 36.1 Å². The second-order valence-corrected chi connectivity index (χ2v) is 8.04. The molecule has 0 amide bonds. The first-order chi connectivity index (χ1) is 12.6. The highest BCUT2D eigenvalue weighted by Gasteiger charge is 2.35. The Bertz CT molecular complexity index is 700. The van der Waals surface area contributed by atoms with Gasteiger partial charge in [-0.15, -0.1) is 10.0 Å². The van der Waals surface area contributed by atoms with Crippen LogP contribution in [0, 0.1) is 0 Å². The van der Waals surface area contributed by atoms with Gasteiger partial charge in [0, 0.05) is 14.7 Å². The van der Waals surface area contributed by atoms with E-state index in [9.17, 15) is 0 Å². The molecule has 0 aliphatic heterocycles. The lowest BCUT2D eigenvalue weighted by Crippen LogP contribution is -2.09. The molecule has 136 valence electrons. The average Bonchev–Trinajstić information content (AvgIpc) is 2.66. The Morgan fingerprint density at radius 2 is 1.00 bits per heavy atom. The molecule has 0 aliphatic carbocycles. The summed E-state index contributed by atoms with van der Waals surface area (Å²) in [6.45, 7) is 29.6. The van der Waals surface area contributed by atoms with Crippen LogP contribution in [0.5, 0.6) is 0 Å². The summed E-state index contributed by atoms with van der Waals surface area (Å²) >= 11 is 0. The molecule has 0 saturated carbocycles. The van der Waals surface area contributed by atoms with Crippen molar-refractivity contribution in [2.24, 2.45) is 0 Å². The van der Waals surface area contributed by atoms with E-state index in [-0.39, 0.29) is 0 Å². The van der Waals surface area contributed by atoms with Crippen LogP contribution in [-0.4, -0.2) is 0 Å². The molecule has 0 saturated heterocycles. The number of hydrogen-bond donors (Lipinski definition) is 0. The van der Waals surface area contributed by atoms with Crippen LogP contribution in [0.3, 0.4) is 0 Å². The van der Waals surface area contributed by atoms with E-state index < -0.39 is 10.0 Å². The Kier molecular flexibility index (Phi) is 11.2. The van der Waals surface area contributed by atoms with Crippen LogP contribution in [0.4, 0.5) is 0 Å². The third-order valence-electron chi connectivity index (χ3n) is 3.55. The Hall–Kier alpha value is -2.77. The Balaban J connectivity index is 7.66. The Morgan fingerprint density at radius 3 is 1.31 bits per heavy atom. The zero-order chi connectivity index (χ0) is 20.0. The first-order valence-electron chi connectivity index (χ1n) is 8.23. The lowest BCUT2D eigenvalue weighted by atomic mass is 10.4. The van der Waals surface area contributed by atoms with Gasteiger partial charge < -0.3 is 0 Å². The zero-order valence-electron chi connectivity index (χ0n) is 15.9. The number of hydrogen-bond acceptors (Lipinski definition) is 0. The van der Waals surface area contributed by atoms with E-state index in [0.29, 0.717) is 0 Å². The van der Waals surface area contributed by atoms with Crippen molar-refractivity contribution < 1.29 is 0 Å². The monoisotopic (exact) mass is 362 g/mol. The first-order valence-corrected chi connectivity index (χ1v) is 9.86. The van der Waals surface area contributed by atoms with E-state index in [1.54, 1.807) is 24.3 Å². The Morgan fingerprint density at radius 1 is 0.577 bits per heavy atom. The molecule has 0 unspecified atom stereocenters. The summed E-state index contributed by atoms with van der Waals surface area (Å²) in [4.78, 5) is 4.17. The summed E-state index contributed by atoms with van der Waals surface area (Å²) < 4.78 is 0. The van der Waals surface area contributed by atoms with Crippen molar-refractivity contribution in [1.82, 2.24) is 0 Å². The minimum Gasteiger partial charge on any atom is -0.133 e. The van der Waals surface area contributed by atoms with Crippen LogP contribution >= 0.6 is 10.0 Å². The second kappa shape index (κ2) is 12.6. The van der Waals surface area contributed by atoms with Gasteiger partial charge in [-0.1, -0.05) is 101 Å². The fourth-order valence-electron chi connectivity index (χ4n) is 2.60. The summed E-state index contributed by atoms with van der Waals surface area (Å²) in [5.74, 6) is 0. The largest absolute Gasteiger partial charge is 0.133 e. The molecule has 0 N–H and O–H groups in total. The van der Waals surface area contributed by atoms with Gasteiger partial charge in [0.2, 0.25) is 0 Å². The van der Waals surface area contributed by atoms with Gasteiger partial charge in [0.15, 0.2) is 0 Å². The summed E-state index contributed by atoms with van der Waals surface area (Å²) in [5.41, 5.74) is 0. The van der Waals surface area contributed by atoms with Crippen LogP contribution in [0.1, 0.15) is 6.92 Å². The second-order valence-electron chi connectivity index (χ2n) is 4.92. The topological polar surface area (TPSA) is 0 Å². The van der Waals surface area contributed by atoms with Crippen molar-refractivity contribution >= 4 is 10.0 Å². The highest BCUT2D eigenvalue weighted by atomic mass is 32.3. The summed E-state index contributed by atoms with van der Waals surface area (Å²) in [7, 11) is -1.88. The highest BCUT2D eigenvalue weighted by Crippen LogP contribution is 2.74. The summed E-state index contributed by atoms with van der Waals surface area (Å²) in [6, 6.07) is 0. The maximum Gasteiger partial charge on any atom is 0.00226 e. The highest BCUT2D eigenvalue weighted by molar-refractivity contribution is 8.46. The zero-order valence-corrected chi connectivity index (χ0v) is 16.7. The molecule has 0 aromatic carbocycles. The van der Waals surface area contributed by atoms with Gasteiger partial charge in [0.1, 0.15) is 0 Å². The van der Waals surface area contributed by atoms with Gasteiger partial charge in [0.05, 0.1) is 0 Å². The first kappa shape index (κ1) is 23.2. The molecule has 0 fully saturated rings. The molecule has 0 aromatic heterocycles. The Labute approximate surface area is 161 Å². The summed E-state index contributed by atoms with van der Waals surface area (Å²) in [5, 5.41) is 0. The quantitative estimate of drug-likeness (QED) is 0.307. The lowest BCUT2D eigenvalue weighted by Gasteiger charge is -2.45. The van der Waals surface area contributed by atoms with Crippen molar-refractivity contribution in [3.8, 4) is 0 Å². The maximum atomic E-state index is 4.05. The molecule has 0 radical (unpaired) electrons. The molecule has 0 aromatic rings. The van der Waals surface area contributed by atoms with Crippen molar-refractivity contribution in [2.75, 3.05) is 0 Å². The molecule has 0 bridgehead atoms.